The second-order valence-electron chi connectivity index (χ2n) is 6.27. The molecule has 30 heavy (non-hydrogen) atoms. The highest BCUT2D eigenvalue weighted by Crippen LogP contribution is 2.27. The number of amides is 1. The highest BCUT2D eigenvalue weighted by atomic mass is 35.5. The summed E-state index contributed by atoms with van der Waals surface area (Å²) in [5.74, 6) is -0.205. The number of primary sulfonamides is 1. The second-order valence-corrected chi connectivity index (χ2v) is 9.96. The molecule has 2 rings (SSSR count). The van der Waals surface area contributed by atoms with E-state index in [-0.39, 0.29) is 21.4 Å². The molecule has 2 aromatic rings. The summed E-state index contributed by atoms with van der Waals surface area (Å²) in [4.78, 5) is 12.1. The first kappa shape index (κ1) is 24.1. The van der Waals surface area contributed by atoms with E-state index < -0.39 is 32.0 Å². The van der Waals surface area contributed by atoms with Gasteiger partial charge in [-0.3, -0.25) is 4.79 Å². The van der Waals surface area contributed by atoms with Crippen molar-refractivity contribution in [3.63, 3.8) is 0 Å². The Balaban J connectivity index is 2.00. The number of benzene rings is 2. The second kappa shape index (κ2) is 9.75. The number of hydrogen-bond acceptors (Lipinski definition) is 6. The zero-order chi connectivity index (χ0) is 22.5. The van der Waals surface area contributed by atoms with Gasteiger partial charge >= 0.3 is 0 Å². The molecule has 2 aromatic carbocycles. The molecule has 4 N–H and O–H groups in total. The molecule has 0 radical (unpaired) electrons. The summed E-state index contributed by atoms with van der Waals surface area (Å²) in [6.07, 6.45) is 0. The van der Waals surface area contributed by atoms with E-state index in [9.17, 15) is 21.6 Å². The van der Waals surface area contributed by atoms with Gasteiger partial charge in [0.2, 0.25) is 26.0 Å². The average molecular weight is 476 g/mol. The largest absolute Gasteiger partial charge is 0.492 e. The minimum atomic E-state index is -4.00. The fourth-order valence-electron chi connectivity index (χ4n) is 2.41. The predicted octanol–water partition coefficient (Wildman–Crippen LogP) is 1.37. The topological polar surface area (TPSA) is 145 Å². The van der Waals surface area contributed by atoms with Gasteiger partial charge in [-0.15, -0.1) is 0 Å². The molecule has 0 saturated heterocycles. The lowest BCUT2D eigenvalue weighted by atomic mass is 10.2. The van der Waals surface area contributed by atoms with Crippen molar-refractivity contribution in [3.05, 3.63) is 53.1 Å². The number of nitrogens with one attached hydrogen (secondary N) is 2. The molecule has 1 amide bonds. The molecular formula is C18H22ClN3O6S2. The van der Waals surface area contributed by atoms with Crippen LogP contribution in [-0.4, -0.2) is 35.4 Å². The molecular weight excluding hydrogens is 454 g/mol. The van der Waals surface area contributed by atoms with Crippen LogP contribution in [0.5, 0.6) is 5.75 Å². The normalized spacial score (nSPS) is 12.9. The minimum Gasteiger partial charge on any atom is -0.492 e. The van der Waals surface area contributed by atoms with Gasteiger partial charge in [0, 0.05) is 6.54 Å². The number of ether oxygens (including phenoxy) is 1. The van der Waals surface area contributed by atoms with E-state index in [2.05, 4.69) is 10.0 Å². The van der Waals surface area contributed by atoms with E-state index in [1.807, 2.05) is 0 Å². The Morgan fingerprint density at radius 2 is 1.70 bits per heavy atom. The van der Waals surface area contributed by atoms with Crippen molar-refractivity contribution >= 4 is 37.6 Å². The van der Waals surface area contributed by atoms with Gasteiger partial charge in [-0.1, -0.05) is 23.7 Å². The number of rotatable bonds is 9. The van der Waals surface area contributed by atoms with E-state index in [0.717, 1.165) is 0 Å². The maximum Gasteiger partial charge on any atom is 0.241 e. The SMILES string of the molecule is CCOc1ccc(S(=O)(=O)N[C@@H](C)C(=O)NCc2ccc(S(N)(=O)=O)cc2)cc1Cl. The van der Waals surface area contributed by atoms with Crippen LogP contribution >= 0.6 is 11.6 Å². The van der Waals surface area contributed by atoms with Crippen molar-refractivity contribution in [2.24, 2.45) is 5.14 Å². The summed E-state index contributed by atoms with van der Waals surface area (Å²) in [6.45, 7) is 3.63. The zero-order valence-electron chi connectivity index (χ0n) is 16.3. The summed E-state index contributed by atoms with van der Waals surface area (Å²) in [5, 5.41) is 7.74. The monoisotopic (exact) mass is 475 g/mol. The molecule has 0 heterocycles. The van der Waals surface area contributed by atoms with E-state index in [1.165, 1.54) is 49.4 Å². The lowest BCUT2D eigenvalue weighted by Crippen LogP contribution is -2.44. The van der Waals surface area contributed by atoms with Gasteiger partial charge in [-0.25, -0.2) is 22.0 Å². The smallest absolute Gasteiger partial charge is 0.241 e. The molecule has 0 aliphatic carbocycles. The number of hydrogen-bond donors (Lipinski definition) is 3. The van der Waals surface area contributed by atoms with Crippen LogP contribution < -0.4 is 19.9 Å². The third kappa shape index (κ3) is 6.41. The van der Waals surface area contributed by atoms with Crippen LogP contribution in [0.15, 0.2) is 52.3 Å². The maximum absolute atomic E-state index is 12.5. The van der Waals surface area contributed by atoms with Gasteiger partial charge < -0.3 is 10.1 Å². The van der Waals surface area contributed by atoms with Crippen LogP contribution in [0.1, 0.15) is 19.4 Å². The van der Waals surface area contributed by atoms with E-state index in [0.29, 0.717) is 17.9 Å². The Morgan fingerprint density at radius 1 is 1.10 bits per heavy atom. The van der Waals surface area contributed by atoms with E-state index in [1.54, 1.807) is 6.92 Å². The Morgan fingerprint density at radius 3 is 2.23 bits per heavy atom. The molecule has 0 unspecified atom stereocenters. The van der Waals surface area contributed by atoms with Gasteiger partial charge in [0.15, 0.2) is 0 Å². The van der Waals surface area contributed by atoms with E-state index >= 15 is 0 Å². The summed E-state index contributed by atoms with van der Waals surface area (Å²) >= 11 is 6.03. The van der Waals surface area contributed by atoms with Crippen LogP contribution in [0.4, 0.5) is 0 Å². The number of carbonyl (C=O) groups excluding carboxylic acids is 1. The Kier molecular flexibility index (Phi) is 7.83. The third-order valence-corrected chi connectivity index (χ3v) is 6.72. The number of carbonyl (C=O) groups is 1. The van der Waals surface area contributed by atoms with Crippen LogP contribution in [0, 0.1) is 0 Å². The quantitative estimate of drug-likeness (QED) is 0.499. The van der Waals surface area contributed by atoms with E-state index in [4.69, 9.17) is 21.5 Å². The van der Waals surface area contributed by atoms with Crippen molar-refractivity contribution in [2.75, 3.05) is 6.61 Å². The van der Waals surface area contributed by atoms with Crippen molar-refractivity contribution in [3.8, 4) is 5.75 Å². The molecule has 0 fully saturated rings. The van der Waals surface area contributed by atoms with Gasteiger partial charge in [-0.2, -0.15) is 4.72 Å². The van der Waals surface area contributed by atoms with Crippen molar-refractivity contribution in [1.29, 1.82) is 0 Å². The fourth-order valence-corrected chi connectivity index (χ4v) is 4.46. The number of sulfonamides is 2. The Bertz CT molecular complexity index is 1120. The average Bonchev–Trinajstić information content (AvgIpc) is 2.67. The van der Waals surface area contributed by atoms with Gasteiger partial charge in [0.05, 0.1) is 27.5 Å². The molecule has 0 bridgehead atoms. The molecule has 0 spiro atoms. The van der Waals surface area contributed by atoms with Crippen LogP contribution in [0.3, 0.4) is 0 Å². The first-order chi connectivity index (χ1) is 13.9. The molecule has 12 heteroatoms. The van der Waals surface area contributed by atoms with Crippen LogP contribution in [0.2, 0.25) is 5.02 Å². The fraction of sp³-hybridized carbons (Fsp3) is 0.278. The molecule has 0 saturated carbocycles. The van der Waals surface area contributed by atoms with Crippen LogP contribution in [0.25, 0.3) is 0 Å². The van der Waals surface area contributed by atoms with Crippen molar-refractivity contribution in [2.45, 2.75) is 36.2 Å². The first-order valence-electron chi connectivity index (χ1n) is 8.78. The van der Waals surface area contributed by atoms with Gasteiger partial charge in [0.25, 0.3) is 0 Å². The molecule has 1 atom stereocenters. The van der Waals surface area contributed by atoms with Crippen molar-refractivity contribution in [1.82, 2.24) is 10.0 Å². The van der Waals surface area contributed by atoms with Crippen LogP contribution in [-0.2, 0) is 31.4 Å². The van der Waals surface area contributed by atoms with Gasteiger partial charge in [-0.05, 0) is 49.7 Å². The van der Waals surface area contributed by atoms with Gasteiger partial charge in [0.1, 0.15) is 5.75 Å². The maximum atomic E-state index is 12.5. The first-order valence-corrected chi connectivity index (χ1v) is 12.2. The standard InChI is InChI=1S/C18H22ClN3O6S2/c1-3-28-17-9-8-15(10-16(17)19)30(26,27)22-12(2)18(23)21-11-13-4-6-14(7-5-13)29(20,24)25/h4-10,12,22H,3,11H2,1-2H3,(H,21,23)(H2,20,24,25)/t12-/m0/s1. The summed E-state index contributed by atoms with van der Waals surface area (Å²) in [6, 6.07) is 8.58. The molecule has 164 valence electrons. The lowest BCUT2D eigenvalue weighted by Gasteiger charge is -2.15. The van der Waals surface area contributed by atoms with Crippen molar-refractivity contribution < 1.29 is 26.4 Å². The summed E-state index contributed by atoms with van der Waals surface area (Å²) in [5.41, 5.74) is 0.615. The predicted molar refractivity (Wildman–Crippen MR) is 112 cm³/mol. The number of nitrogens with two attached hydrogens (primary N) is 1. The highest BCUT2D eigenvalue weighted by Gasteiger charge is 2.23. The Labute approximate surface area is 180 Å². The molecule has 0 aliphatic heterocycles. The minimum absolute atomic E-state index is 0.0484. The zero-order valence-corrected chi connectivity index (χ0v) is 18.6. The number of halogens is 1. The lowest BCUT2D eigenvalue weighted by molar-refractivity contribution is -0.122. The third-order valence-electron chi connectivity index (χ3n) is 3.96. The summed E-state index contributed by atoms with van der Waals surface area (Å²) < 4.78 is 55.1. The summed E-state index contributed by atoms with van der Waals surface area (Å²) in [7, 11) is -7.80. The molecule has 0 aromatic heterocycles. The molecule has 9 nitrogen and oxygen atoms in total. The highest BCUT2D eigenvalue weighted by molar-refractivity contribution is 7.89. The Hall–Kier alpha value is -2.18. The molecule has 0 aliphatic rings.